The van der Waals surface area contributed by atoms with E-state index in [-0.39, 0.29) is 0 Å². The molecular formula is C17H27BrN2. The minimum atomic E-state index is 0.377. The van der Waals surface area contributed by atoms with Crippen molar-refractivity contribution < 1.29 is 0 Å². The van der Waals surface area contributed by atoms with Crippen LogP contribution >= 0.6 is 15.9 Å². The lowest BCUT2D eigenvalue weighted by Crippen LogP contribution is -2.49. The van der Waals surface area contributed by atoms with Crippen molar-refractivity contribution >= 4 is 15.9 Å². The van der Waals surface area contributed by atoms with Crippen LogP contribution in [0.2, 0.25) is 0 Å². The Kier molecular flexibility index (Phi) is 5.65. The van der Waals surface area contributed by atoms with Gasteiger partial charge in [-0.05, 0) is 54.7 Å². The van der Waals surface area contributed by atoms with E-state index in [1.807, 2.05) is 0 Å². The minimum absolute atomic E-state index is 0.377. The van der Waals surface area contributed by atoms with Crippen molar-refractivity contribution in [1.29, 1.82) is 0 Å². The number of hydrogen-bond acceptors (Lipinski definition) is 2. The summed E-state index contributed by atoms with van der Waals surface area (Å²) in [7, 11) is 0. The molecule has 0 heterocycles. The van der Waals surface area contributed by atoms with Gasteiger partial charge in [-0.25, -0.2) is 0 Å². The highest BCUT2D eigenvalue weighted by atomic mass is 79.9. The van der Waals surface area contributed by atoms with Crippen LogP contribution in [-0.4, -0.2) is 6.04 Å². The van der Waals surface area contributed by atoms with Gasteiger partial charge in [0.15, 0.2) is 0 Å². The number of nitrogens with one attached hydrogen (secondary N) is 1. The number of nitrogens with two attached hydrogens (primary N) is 1. The third kappa shape index (κ3) is 3.84. The highest BCUT2D eigenvalue weighted by molar-refractivity contribution is 9.10. The maximum atomic E-state index is 5.94. The van der Waals surface area contributed by atoms with Crippen molar-refractivity contribution in [2.75, 3.05) is 0 Å². The van der Waals surface area contributed by atoms with E-state index in [1.165, 1.54) is 37.7 Å². The minimum Gasteiger partial charge on any atom is -0.271 e. The average Bonchev–Trinajstić information content (AvgIpc) is 2.84. The topological polar surface area (TPSA) is 38.0 Å². The normalized spacial score (nSPS) is 19.4. The van der Waals surface area contributed by atoms with Gasteiger partial charge in [0.25, 0.3) is 0 Å². The van der Waals surface area contributed by atoms with Crippen molar-refractivity contribution in [3.05, 3.63) is 34.3 Å². The van der Waals surface area contributed by atoms with Crippen LogP contribution in [0.4, 0.5) is 0 Å². The summed E-state index contributed by atoms with van der Waals surface area (Å²) >= 11 is 3.56. The molecule has 20 heavy (non-hydrogen) atoms. The molecule has 1 aromatic rings. The smallest absolute Gasteiger partial charge is 0.0307 e. The SMILES string of the molecule is CC(C)CC1(C(Cc2cccc(Br)c2)NN)CCCC1. The van der Waals surface area contributed by atoms with Crippen molar-refractivity contribution in [3.8, 4) is 0 Å². The van der Waals surface area contributed by atoms with Gasteiger partial charge in [-0.1, -0.05) is 54.8 Å². The molecule has 3 heteroatoms. The lowest BCUT2D eigenvalue weighted by Gasteiger charge is -2.39. The zero-order chi connectivity index (χ0) is 14.6. The third-order valence-corrected chi connectivity index (χ3v) is 5.18. The maximum Gasteiger partial charge on any atom is 0.0307 e. The van der Waals surface area contributed by atoms with E-state index < -0.39 is 0 Å². The quantitative estimate of drug-likeness (QED) is 0.594. The summed E-state index contributed by atoms with van der Waals surface area (Å²) in [5.74, 6) is 6.67. The molecule has 0 spiro atoms. The molecule has 0 aromatic heterocycles. The molecule has 1 atom stereocenters. The molecule has 1 saturated carbocycles. The van der Waals surface area contributed by atoms with Crippen molar-refractivity contribution in [2.24, 2.45) is 17.2 Å². The fourth-order valence-corrected chi connectivity index (χ4v) is 4.39. The lowest BCUT2D eigenvalue weighted by atomic mass is 9.71. The van der Waals surface area contributed by atoms with Crippen molar-refractivity contribution in [2.45, 2.75) is 58.4 Å². The fourth-order valence-electron chi connectivity index (χ4n) is 3.94. The first kappa shape index (κ1) is 16.0. The zero-order valence-corrected chi connectivity index (χ0v) is 14.2. The number of rotatable bonds is 6. The summed E-state index contributed by atoms with van der Waals surface area (Å²) in [6.07, 6.45) is 7.62. The molecule has 112 valence electrons. The molecule has 1 aromatic carbocycles. The van der Waals surface area contributed by atoms with Crippen LogP contribution in [0, 0.1) is 11.3 Å². The second kappa shape index (κ2) is 7.06. The fraction of sp³-hybridized carbons (Fsp3) is 0.647. The highest BCUT2D eigenvalue weighted by Crippen LogP contribution is 2.46. The lowest BCUT2D eigenvalue weighted by molar-refractivity contribution is 0.154. The van der Waals surface area contributed by atoms with Gasteiger partial charge < -0.3 is 0 Å². The van der Waals surface area contributed by atoms with Crippen LogP contribution in [0.3, 0.4) is 0 Å². The van der Waals surface area contributed by atoms with Gasteiger partial charge in [0.1, 0.15) is 0 Å². The predicted molar refractivity (Wildman–Crippen MR) is 89.3 cm³/mol. The van der Waals surface area contributed by atoms with Gasteiger partial charge in [-0.15, -0.1) is 0 Å². The molecule has 1 unspecified atom stereocenters. The second-order valence-electron chi connectivity index (χ2n) is 6.72. The van der Waals surface area contributed by atoms with E-state index in [0.29, 0.717) is 11.5 Å². The van der Waals surface area contributed by atoms with E-state index in [9.17, 15) is 0 Å². The molecule has 2 rings (SSSR count). The van der Waals surface area contributed by atoms with E-state index in [0.717, 1.165) is 16.8 Å². The van der Waals surface area contributed by atoms with Crippen LogP contribution in [-0.2, 0) is 6.42 Å². The number of hydrazine groups is 1. The van der Waals surface area contributed by atoms with Crippen LogP contribution in [0.25, 0.3) is 0 Å². The Bertz CT molecular complexity index is 425. The monoisotopic (exact) mass is 338 g/mol. The molecular weight excluding hydrogens is 312 g/mol. The number of hydrogen-bond donors (Lipinski definition) is 2. The highest BCUT2D eigenvalue weighted by Gasteiger charge is 2.41. The molecule has 2 nitrogen and oxygen atoms in total. The third-order valence-electron chi connectivity index (χ3n) is 4.68. The number of halogens is 1. The standard InChI is InChI=1S/C17H27BrN2/c1-13(2)12-17(8-3-4-9-17)16(20-19)11-14-6-5-7-15(18)10-14/h5-7,10,13,16,20H,3-4,8-9,11-12,19H2,1-2H3. The summed E-state index contributed by atoms with van der Waals surface area (Å²) in [5.41, 5.74) is 4.88. The Balaban J connectivity index is 2.16. The van der Waals surface area contributed by atoms with Crippen molar-refractivity contribution in [1.82, 2.24) is 5.43 Å². The van der Waals surface area contributed by atoms with Crippen LogP contribution < -0.4 is 11.3 Å². The van der Waals surface area contributed by atoms with E-state index >= 15 is 0 Å². The summed E-state index contributed by atoms with van der Waals surface area (Å²) < 4.78 is 1.15. The second-order valence-corrected chi connectivity index (χ2v) is 7.64. The summed E-state index contributed by atoms with van der Waals surface area (Å²) in [6, 6.07) is 8.97. The average molecular weight is 339 g/mol. The first-order valence-electron chi connectivity index (χ1n) is 7.76. The molecule has 0 amide bonds. The van der Waals surface area contributed by atoms with E-state index in [2.05, 4.69) is 59.5 Å². The molecule has 0 saturated heterocycles. The van der Waals surface area contributed by atoms with Crippen LogP contribution in [0.5, 0.6) is 0 Å². The Hall–Kier alpha value is -0.380. The van der Waals surface area contributed by atoms with Crippen molar-refractivity contribution in [3.63, 3.8) is 0 Å². The predicted octanol–water partition coefficient (Wildman–Crippen LogP) is 4.43. The first-order valence-corrected chi connectivity index (χ1v) is 8.55. The maximum absolute atomic E-state index is 5.94. The summed E-state index contributed by atoms with van der Waals surface area (Å²) in [4.78, 5) is 0. The summed E-state index contributed by atoms with van der Waals surface area (Å²) in [5, 5.41) is 0. The molecule has 0 radical (unpaired) electrons. The van der Waals surface area contributed by atoms with E-state index in [1.54, 1.807) is 0 Å². The van der Waals surface area contributed by atoms with Gasteiger partial charge >= 0.3 is 0 Å². The molecule has 1 fully saturated rings. The Morgan fingerprint density at radius 1 is 1.30 bits per heavy atom. The first-order chi connectivity index (χ1) is 9.55. The summed E-state index contributed by atoms with van der Waals surface area (Å²) in [6.45, 7) is 4.65. The van der Waals surface area contributed by atoms with Crippen LogP contribution in [0.1, 0.15) is 51.5 Å². The molecule has 1 aliphatic rings. The Morgan fingerprint density at radius 3 is 2.55 bits per heavy atom. The van der Waals surface area contributed by atoms with Gasteiger partial charge in [-0.2, -0.15) is 0 Å². The molecule has 0 aliphatic heterocycles. The number of benzene rings is 1. The van der Waals surface area contributed by atoms with Gasteiger partial charge in [0.2, 0.25) is 0 Å². The molecule has 1 aliphatic carbocycles. The Labute approximate surface area is 131 Å². The van der Waals surface area contributed by atoms with Crippen LogP contribution in [0.15, 0.2) is 28.7 Å². The molecule has 0 bridgehead atoms. The van der Waals surface area contributed by atoms with Gasteiger partial charge in [0, 0.05) is 10.5 Å². The largest absolute Gasteiger partial charge is 0.271 e. The van der Waals surface area contributed by atoms with Gasteiger partial charge in [0.05, 0.1) is 0 Å². The van der Waals surface area contributed by atoms with Gasteiger partial charge in [-0.3, -0.25) is 11.3 Å². The van der Waals surface area contributed by atoms with E-state index in [4.69, 9.17) is 5.84 Å². The Morgan fingerprint density at radius 2 is 2.00 bits per heavy atom. The molecule has 3 N–H and O–H groups in total. The zero-order valence-electron chi connectivity index (χ0n) is 12.7.